The lowest BCUT2D eigenvalue weighted by atomic mass is 9.95. The molecule has 2 aromatic rings. The van der Waals surface area contributed by atoms with Gasteiger partial charge in [0.25, 0.3) is 0 Å². The van der Waals surface area contributed by atoms with Crippen molar-refractivity contribution in [2.45, 2.75) is 71.3 Å². The van der Waals surface area contributed by atoms with E-state index in [-0.39, 0.29) is 5.91 Å². The first-order valence-corrected chi connectivity index (χ1v) is 11.3. The molecule has 1 aromatic heterocycles. The number of para-hydroxylation sites is 1. The number of hydrogen-bond donors (Lipinski definition) is 4. The maximum absolute atomic E-state index is 12.6. The average molecular weight is 444 g/mol. The number of nitrogens with one attached hydrogen (secondary N) is 2. The number of carbonyl (C=O) groups excluding carboxylic acids is 1. The Morgan fingerprint density at radius 2 is 1.69 bits per heavy atom. The number of nitrogens with zero attached hydrogens (tertiary/aromatic N) is 1. The molecule has 1 saturated carbocycles. The smallest absolute Gasteiger partial charge is 0.414 e. The molecule has 0 aliphatic heterocycles. The molecule has 0 saturated heterocycles. The molecule has 1 aromatic carbocycles. The normalized spacial score (nSPS) is 13.8. The van der Waals surface area contributed by atoms with Crippen LogP contribution in [0.15, 0.2) is 24.3 Å². The quantitative estimate of drug-likeness (QED) is 0.480. The monoisotopic (exact) mass is 443 g/mol. The van der Waals surface area contributed by atoms with Crippen molar-refractivity contribution >= 4 is 34.4 Å². The fraction of sp³-hybridized carbons (Fsp3) is 0.500. The van der Waals surface area contributed by atoms with Gasteiger partial charge in [0.2, 0.25) is 5.91 Å². The van der Waals surface area contributed by atoms with Crippen LogP contribution in [0.25, 0.3) is 10.9 Å². The van der Waals surface area contributed by atoms with E-state index in [1.54, 1.807) is 0 Å². The van der Waals surface area contributed by atoms with E-state index in [0.717, 1.165) is 41.5 Å². The Bertz CT molecular complexity index is 927. The number of carboxylic acid groups (broad SMARTS) is 2. The first-order chi connectivity index (χ1) is 15.4. The van der Waals surface area contributed by atoms with Gasteiger partial charge in [-0.1, -0.05) is 57.7 Å². The van der Waals surface area contributed by atoms with Crippen LogP contribution in [0.1, 0.15) is 63.6 Å². The molecule has 1 aliphatic carbocycles. The van der Waals surface area contributed by atoms with Gasteiger partial charge in [-0.25, -0.2) is 9.59 Å². The first kappa shape index (κ1) is 25.3. The van der Waals surface area contributed by atoms with Gasteiger partial charge in [0.1, 0.15) is 0 Å². The number of aryl methyl sites for hydroxylation is 1. The molecular weight excluding hydrogens is 410 g/mol. The zero-order valence-corrected chi connectivity index (χ0v) is 18.8. The molecule has 32 heavy (non-hydrogen) atoms. The van der Waals surface area contributed by atoms with Crippen LogP contribution in [0.4, 0.5) is 5.69 Å². The molecule has 1 heterocycles. The second kappa shape index (κ2) is 12.8. The number of anilines is 1. The number of benzene rings is 1. The van der Waals surface area contributed by atoms with Gasteiger partial charge in [-0.3, -0.25) is 9.78 Å². The van der Waals surface area contributed by atoms with Crippen molar-refractivity contribution in [3.63, 3.8) is 0 Å². The third-order valence-electron chi connectivity index (χ3n) is 5.52. The van der Waals surface area contributed by atoms with Crippen LogP contribution >= 0.6 is 0 Å². The topological polar surface area (TPSA) is 129 Å². The van der Waals surface area contributed by atoms with Crippen molar-refractivity contribution in [1.29, 1.82) is 0 Å². The summed E-state index contributed by atoms with van der Waals surface area (Å²) in [5.74, 6) is -3.60. The number of amides is 1. The summed E-state index contributed by atoms with van der Waals surface area (Å²) in [4.78, 5) is 35.7. The predicted molar refractivity (Wildman–Crippen MR) is 124 cm³/mol. The van der Waals surface area contributed by atoms with Crippen molar-refractivity contribution < 1.29 is 24.6 Å². The number of aromatic nitrogens is 1. The highest BCUT2D eigenvalue weighted by Crippen LogP contribution is 2.30. The third-order valence-corrected chi connectivity index (χ3v) is 5.52. The van der Waals surface area contributed by atoms with E-state index in [4.69, 9.17) is 24.8 Å². The number of aliphatic carboxylic acids is 2. The lowest BCUT2D eigenvalue weighted by Gasteiger charge is -2.23. The number of rotatable bonds is 7. The van der Waals surface area contributed by atoms with Gasteiger partial charge >= 0.3 is 11.9 Å². The Morgan fingerprint density at radius 3 is 2.28 bits per heavy atom. The Morgan fingerprint density at radius 1 is 1.03 bits per heavy atom. The van der Waals surface area contributed by atoms with E-state index in [1.807, 2.05) is 18.2 Å². The zero-order chi connectivity index (χ0) is 23.5. The summed E-state index contributed by atoms with van der Waals surface area (Å²) >= 11 is 0. The Labute approximate surface area is 188 Å². The molecule has 0 unspecified atom stereocenters. The molecular formula is C24H33N3O5. The lowest BCUT2D eigenvalue weighted by Crippen LogP contribution is -2.37. The number of fused-ring (bicyclic) bond motifs is 1. The minimum absolute atomic E-state index is 0.0454. The number of carbonyl (C=O) groups is 3. The summed E-state index contributed by atoms with van der Waals surface area (Å²) in [6, 6.07) is 8.60. The fourth-order valence-electron chi connectivity index (χ4n) is 4.00. The number of pyridine rings is 1. The lowest BCUT2D eigenvalue weighted by molar-refractivity contribution is -0.159. The molecule has 3 rings (SSSR count). The van der Waals surface area contributed by atoms with Crippen molar-refractivity contribution in [1.82, 2.24) is 10.3 Å². The third kappa shape index (κ3) is 7.30. The van der Waals surface area contributed by atoms with Crippen LogP contribution < -0.4 is 10.6 Å². The van der Waals surface area contributed by atoms with Crippen molar-refractivity contribution in [3.8, 4) is 0 Å². The van der Waals surface area contributed by atoms with Crippen molar-refractivity contribution in [2.75, 3.05) is 11.9 Å². The summed E-state index contributed by atoms with van der Waals surface area (Å²) < 4.78 is 0. The van der Waals surface area contributed by atoms with Crippen molar-refractivity contribution in [3.05, 3.63) is 35.5 Å². The molecule has 1 amide bonds. The highest BCUT2D eigenvalue weighted by molar-refractivity contribution is 6.27. The molecule has 174 valence electrons. The molecule has 0 atom stereocenters. The molecule has 0 spiro atoms. The van der Waals surface area contributed by atoms with Gasteiger partial charge in [0.05, 0.1) is 17.7 Å². The molecule has 1 aliphatic rings. The summed E-state index contributed by atoms with van der Waals surface area (Å²) in [5.41, 5.74) is 4.21. The maximum Gasteiger partial charge on any atom is 0.414 e. The maximum atomic E-state index is 12.6. The van der Waals surface area contributed by atoms with Gasteiger partial charge < -0.3 is 20.8 Å². The van der Waals surface area contributed by atoms with Crippen LogP contribution in [0.3, 0.4) is 0 Å². The zero-order valence-electron chi connectivity index (χ0n) is 18.8. The molecule has 1 fully saturated rings. The van der Waals surface area contributed by atoms with Crippen LogP contribution in [-0.2, 0) is 27.2 Å². The Balaban J connectivity index is 0.000000534. The van der Waals surface area contributed by atoms with Crippen LogP contribution in [0, 0.1) is 0 Å². The molecule has 0 bridgehead atoms. The van der Waals surface area contributed by atoms with E-state index in [0.29, 0.717) is 12.6 Å². The molecule has 0 radical (unpaired) electrons. The number of hydrogen-bond acceptors (Lipinski definition) is 5. The Hall–Kier alpha value is -3.00. The van der Waals surface area contributed by atoms with Gasteiger partial charge in [0, 0.05) is 17.1 Å². The summed E-state index contributed by atoms with van der Waals surface area (Å²) in [6.07, 6.45) is 9.11. The molecule has 8 nitrogen and oxygen atoms in total. The van der Waals surface area contributed by atoms with Gasteiger partial charge in [-0.05, 0) is 37.3 Å². The second-order valence-corrected chi connectivity index (χ2v) is 7.91. The SMILES string of the molecule is CCCc1nc2ccccc2c(NC(=O)CNC2CCCCC2)c1CC.O=C(O)C(=O)O. The Kier molecular flexibility index (Phi) is 10.1. The van der Waals surface area contributed by atoms with Gasteiger partial charge in [-0.15, -0.1) is 0 Å². The van der Waals surface area contributed by atoms with E-state index in [2.05, 4.69) is 30.5 Å². The minimum atomic E-state index is -1.82. The molecule has 8 heteroatoms. The van der Waals surface area contributed by atoms with E-state index in [1.165, 1.54) is 37.7 Å². The van der Waals surface area contributed by atoms with E-state index >= 15 is 0 Å². The van der Waals surface area contributed by atoms with Crippen LogP contribution in [0.5, 0.6) is 0 Å². The summed E-state index contributed by atoms with van der Waals surface area (Å²) in [7, 11) is 0. The molecule has 4 N–H and O–H groups in total. The minimum Gasteiger partial charge on any atom is -0.473 e. The number of carboxylic acids is 2. The van der Waals surface area contributed by atoms with E-state index < -0.39 is 11.9 Å². The van der Waals surface area contributed by atoms with Crippen LogP contribution in [0.2, 0.25) is 0 Å². The van der Waals surface area contributed by atoms with E-state index in [9.17, 15) is 4.79 Å². The summed E-state index contributed by atoms with van der Waals surface area (Å²) in [5, 5.41) is 22.5. The highest BCUT2D eigenvalue weighted by Gasteiger charge is 2.17. The van der Waals surface area contributed by atoms with Gasteiger partial charge in [-0.2, -0.15) is 0 Å². The highest BCUT2D eigenvalue weighted by atomic mass is 16.4. The fourth-order valence-corrected chi connectivity index (χ4v) is 4.00. The summed E-state index contributed by atoms with van der Waals surface area (Å²) in [6.45, 7) is 4.69. The second-order valence-electron chi connectivity index (χ2n) is 7.91. The average Bonchev–Trinajstić information content (AvgIpc) is 2.79. The predicted octanol–water partition coefficient (Wildman–Crippen LogP) is 3.77. The van der Waals surface area contributed by atoms with Crippen LogP contribution in [-0.4, -0.2) is 45.6 Å². The van der Waals surface area contributed by atoms with Gasteiger partial charge in [0.15, 0.2) is 0 Å². The van der Waals surface area contributed by atoms with Crippen molar-refractivity contribution in [2.24, 2.45) is 0 Å². The first-order valence-electron chi connectivity index (χ1n) is 11.3. The largest absolute Gasteiger partial charge is 0.473 e. The standard InChI is InChI=1S/C22H31N3O.C2H2O4/c1-3-10-19-17(4-2)22(18-13-8-9-14-20(18)24-19)25-21(26)15-23-16-11-6-5-7-12-16;3-1(4)2(5)6/h8-9,13-14,16,23H,3-7,10-12,15H2,1-2H3,(H,24,25,26);(H,3,4)(H,5,6).